The van der Waals surface area contributed by atoms with Crippen LogP contribution in [0.4, 0.5) is 13.2 Å². The number of hydrogen-bond donors (Lipinski definition) is 1. The van der Waals surface area contributed by atoms with E-state index < -0.39 is 18.6 Å². The van der Waals surface area contributed by atoms with Gasteiger partial charge in [0.25, 0.3) is 0 Å². The van der Waals surface area contributed by atoms with E-state index in [9.17, 15) is 13.2 Å². The topological polar surface area (TPSA) is 24.4 Å². The molecule has 1 unspecified atom stereocenters. The van der Waals surface area contributed by atoms with Crippen LogP contribution in [0.25, 0.3) is 0 Å². The van der Waals surface area contributed by atoms with Gasteiger partial charge in [-0.3, -0.25) is 4.99 Å². The quantitative estimate of drug-likeness (QED) is 0.715. The van der Waals surface area contributed by atoms with Crippen molar-refractivity contribution < 1.29 is 13.2 Å². The Bertz CT molecular complexity index is 198. The predicted molar refractivity (Wildman–Crippen MR) is 44.8 cm³/mol. The van der Waals surface area contributed by atoms with E-state index in [4.69, 9.17) is 0 Å². The van der Waals surface area contributed by atoms with Gasteiger partial charge in [0, 0.05) is 19.0 Å². The highest BCUT2D eigenvalue weighted by atomic mass is 19.4. The van der Waals surface area contributed by atoms with Crippen LogP contribution in [-0.4, -0.2) is 24.6 Å². The van der Waals surface area contributed by atoms with Gasteiger partial charge in [0.05, 0.1) is 12.3 Å². The molecule has 1 atom stereocenters. The summed E-state index contributed by atoms with van der Waals surface area (Å²) in [6, 6.07) is -0.572. The average molecular weight is 194 g/mol. The number of hydrogen-bond acceptors (Lipinski definition) is 2. The van der Waals surface area contributed by atoms with E-state index in [1.165, 1.54) is 6.92 Å². The largest absolute Gasteiger partial charge is 0.391 e. The number of amidine groups is 1. The second-order valence-corrected chi connectivity index (χ2v) is 3.30. The summed E-state index contributed by atoms with van der Waals surface area (Å²) in [5.41, 5.74) is 0. The third-order valence-electron chi connectivity index (χ3n) is 1.83. The minimum atomic E-state index is -4.09. The number of halogens is 3. The smallest absolute Gasteiger partial charge is 0.371 e. The van der Waals surface area contributed by atoms with Crippen LogP contribution < -0.4 is 5.32 Å². The molecule has 1 aliphatic heterocycles. The van der Waals surface area contributed by atoms with Crippen molar-refractivity contribution in [1.82, 2.24) is 5.32 Å². The number of rotatable bonds is 2. The Morgan fingerprint density at radius 2 is 2.23 bits per heavy atom. The summed E-state index contributed by atoms with van der Waals surface area (Å²) in [6.07, 6.45) is -3.17. The molecular formula is C8H13F3N2. The van der Waals surface area contributed by atoms with Crippen LogP contribution in [0.2, 0.25) is 0 Å². The molecule has 0 fully saturated rings. The molecule has 5 heteroatoms. The number of aliphatic imine (C=N–C) groups is 1. The Balaban J connectivity index is 2.28. The van der Waals surface area contributed by atoms with Crippen LogP contribution in [-0.2, 0) is 0 Å². The third-order valence-corrected chi connectivity index (χ3v) is 1.83. The summed E-state index contributed by atoms with van der Waals surface area (Å²) in [5.74, 6) is 0.719. The van der Waals surface area contributed by atoms with E-state index in [0.29, 0.717) is 0 Å². The summed E-state index contributed by atoms with van der Waals surface area (Å²) in [5, 5.41) is 2.77. The molecule has 0 bridgehead atoms. The lowest BCUT2D eigenvalue weighted by atomic mass is 10.2. The van der Waals surface area contributed by atoms with Crippen LogP contribution >= 0.6 is 0 Å². The van der Waals surface area contributed by atoms with Gasteiger partial charge in [-0.15, -0.1) is 0 Å². The van der Waals surface area contributed by atoms with Gasteiger partial charge in [-0.05, 0) is 13.3 Å². The van der Waals surface area contributed by atoms with Gasteiger partial charge in [0.2, 0.25) is 0 Å². The molecule has 1 N–H and O–H groups in total. The number of nitrogens with one attached hydrogen (secondary N) is 1. The molecule has 76 valence electrons. The normalized spacial score (nSPS) is 19.8. The molecule has 2 nitrogen and oxygen atoms in total. The molecule has 0 spiro atoms. The highest BCUT2D eigenvalue weighted by Gasteiger charge is 2.30. The van der Waals surface area contributed by atoms with Crippen LogP contribution in [0.15, 0.2) is 4.99 Å². The first-order valence-corrected chi connectivity index (χ1v) is 4.34. The zero-order valence-electron chi connectivity index (χ0n) is 7.49. The summed E-state index contributed by atoms with van der Waals surface area (Å²) in [6.45, 7) is 2.26. The maximum absolute atomic E-state index is 11.9. The zero-order chi connectivity index (χ0) is 9.90. The molecule has 0 amide bonds. The van der Waals surface area contributed by atoms with E-state index >= 15 is 0 Å². The van der Waals surface area contributed by atoms with Crippen LogP contribution in [0.1, 0.15) is 26.2 Å². The van der Waals surface area contributed by atoms with E-state index in [2.05, 4.69) is 10.3 Å². The van der Waals surface area contributed by atoms with Gasteiger partial charge in [-0.1, -0.05) is 0 Å². The molecule has 0 saturated heterocycles. The first kappa shape index (κ1) is 10.3. The molecule has 0 saturated carbocycles. The van der Waals surface area contributed by atoms with Gasteiger partial charge in [0.15, 0.2) is 0 Å². The van der Waals surface area contributed by atoms with Crippen molar-refractivity contribution in [2.24, 2.45) is 4.99 Å². The van der Waals surface area contributed by atoms with Gasteiger partial charge < -0.3 is 5.32 Å². The van der Waals surface area contributed by atoms with Crippen molar-refractivity contribution in [3.63, 3.8) is 0 Å². The Hall–Kier alpha value is -0.740. The van der Waals surface area contributed by atoms with E-state index in [1.807, 2.05) is 0 Å². The van der Waals surface area contributed by atoms with Gasteiger partial charge in [0.1, 0.15) is 0 Å². The first-order valence-electron chi connectivity index (χ1n) is 4.34. The van der Waals surface area contributed by atoms with E-state index in [0.717, 1.165) is 25.2 Å². The standard InChI is InChI=1S/C8H13F3N2/c1-6(5-8(9,10)11)13-7-3-2-4-12-7/h6H,2-5H2,1H3,(H,12,13). The highest BCUT2D eigenvalue weighted by Crippen LogP contribution is 2.21. The minimum absolute atomic E-state index is 0.572. The fourth-order valence-corrected chi connectivity index (χ4v) is 1.34. The summed E-state index contributed by atoms with van der Waals surface area (Å²) >= 11 is 0. The Kier molecular flexibility index (Phi) is 3.17. The van der Waals surface area contributed by atoms with Crippen LogP contribution in [0, 0.1) is 0 Å². The molecule has 0 aliphatic carbocycles. The fourth-order valence-electron chi connectivity index (χ4n) is 1.34. The van der Waals surface area contributed by atoms with Crippen LogP contribution in [0.5, 0.6) is 0 Å². The maximum atomic E-state index is 11.9. The maximum Gasteiger partial charge on any atom is 0.391 e. The summed E-state index contributed by atoms with van der Waals surface area (Å²) < 4.78 is 35.7. The molecule has 1 heterocycles. The summed E-state index contributed by atoms with van der Waals surface area (Å²) in [4.78, 5) is 4.04. The van der Waals surface area contributed by atoms with Gasteiger partial charge in [-0.25, -0.2) is 0 Å². The first-order chi connectivity index (χ1) is 5.97. The lowest BCUT2D eigenvalue weighted by Gasteiger charge is -2.16. The molecule has 0 aromatic heterocycles. The predicted octanol–water partition coefficient (Wildman–Crippen LogP) is 2.11. The zero-order valence-corrected chi connectivity index (χ0v) is 7.49. The third kappa shape index (κ3) is 4.15. The minimum Gasteiger partial charge on any atom is -0.371 e. The lowest BCUT2D eigenvalue weighted by Crippen LogP contribution is -2.35. The van der Waals surface area contributed by atoms with Crippen molar-refractivity contribution in [3.05, 3.63) is 0 Å². The van der Waals surface area contributed by atoms with Crippen molar-refractivity contribution in [2.75, 3.05) is 6.54 Å². The van der Waals surface area contributed by atoms with Gasteiger partial charge in [-0.2, -0.15) is 13.2 Å². The molecule has 13 heavy (non-hydrogen) atoms. The Morgan fingerprint density at radius 1 is 1.54 bits per heavy atom. The van der Waals surface area contributed by atoms with Crippen molar-refractivity contribution >= 4 is 5.84 Å². The fraction of sp³-hybridized carbons (Fsp3) is 0.875. The van der Waals surface area contributed by atoms with Crippen molar-refractivity contribution in [3.8, 4) is 0 Å². The van der Waals surface area contributed by atoms with Crippen molar-refractivity contribution in [2.45, 2.75) is 38.4 Å². The summed E-state index contributed by atoms with van der Waals surface area (Å²) in [7, 11) is 0. The Labute approximate surface area is 75.2 Å². The van der Waals surface area contributed by atoms with Crippen LogP contribution in [0.3, 0.4) is 0 Å². The molecule has 0 radical (unpaired) electrons. The molecule has 1 rings (SSSR count). The average Bonchev–Trinajstić information content (AvgIpc) is 2.34. The SMILES string of the molecule is CC(CC(F)(F)F)NC1=NCCC1. The number of nitrogens with zero attached hydrogens (tertiary/aromatic N) is 1. The lowest BCUT2D eigenvalue weighted by molar-refractivity contribution is -0.138. The molecule has 0 aromatic rings. The monoisotopic (exact) mass is 194 g/mol. The highest BCUT2D eigenvalue weighted by molar-refractivity contribution is 5.83. The number of alkyl halides is 3. The molecule has 0 aromatic carbocycles. The van der Waals surface area contributed by atoms with E-state index in [1.54, 1.807) is 0 Å². The molecule has 1 aliphatic rings. The van der Waals surface area contributed by atoms with Gasteiger partial charge >= 0.3 is 6.18 Å². The second kappa shape index (κ2) is 3.98. The Morgan fingerprint density at radius 3 is 2.69 bits per heavy atom. The second-order valence-electron chi connectivity index (χ2n) is 3.30. The van der Waals surface area contributed by atoms with Crippen molar-refractivity contribution in [1.29, 1.82) is 0 Å². The van der Waals surface area contributed by atoms with E-state index in [-0.39, 0.29) is 0 Å². The molecular weight excluding hydrogens is 181 g/mol.